The van der Waals surface area contributed by atoms with Gasteiger partial charge in [0.2, 0.25) is 5.91 Å². The first-order valence-corrected chi connectivity index (χ1v) is 8.46. The van der Waals surface area contributed by atoms with Crippen molar-refractivity contribution in [2.24, 2.45) is 5.41 Å². The lowest BCUT2D eigenvalue weighted by atomic mass is 9.78. The molecule has 138 valence electrons. The van der Waals surface area contributed by atoms with Gasteiger partial charge in [-0.15, -0.1) is 12.4 Å². The average molecular weight is 373 g/mol. The number of hydrogen-bond donors (Lipinski definition) is 1. The van der Waals surface area contributed by atoms with Crippen molar-refractivity contribution in [1.82, 2.24) is 10.2 Å². The number of nitrogens with one attached hydrogen (secondary N) is 1. The summed E-state index contributed by atoms with van der Waals surface area (Å²) in [4.78, 5) is 26.1. The summed E-state index contributed by atoms with van der Waals surface area (Å²) in [6.45, 7) is 3.52. The zero-order chi connectivity index (χ0) is 17.2. The molecule has 1 N–H and O–H groups in total. The van der Waals surface area contributed by atoms with Gasteiger partial charge in [-0.05, 0) is 43.4 Å². The molecular formula is C18H23ClF2N2O2. The molecule has 1 aromatic carbocycles. The van der Waals surface area contributed by atoms with Crippen LogP contribution in [0.3, 0.4) is 0 Å². The van der Waals surface area contributed by atoms with Crippen LogP contribution in [0.4, 0.5) is 8.78 Å². The molecule has 2 fully saturated rings. The van der Waals surface area contributed by atoms with Crippen molar-refractivity contribution in [2.75, 3.05) is 26.2 Å². The van der Waals surface area contributed by atoms with Crippen molar-refractivity contribution in [3.8, 4) is 0 Å². The maximum Gasteiger partial charge on any atom is 0.223 e. The fourth-order valence-electron chi connectivity index (χ4n) is 3.68. The van der Waals surface area contributed by atoms with Gasteiger partial charge in [-0.2, -0.15) is 0 Å². The quantitative estimate of drug-likeness (QED) is 0.827. The van der Waals surface area contributed by atoms with E-state index in [1.165, 1.54) is 0 Å². The van der Waals surface area contributed by atoms with Crippen molar-refractivity contribution in [2.45, 2.75) is 32.1 Å². The fraction of sp³-hybridized carbons (Fsp3) is 0.556. The van der Waals surface area contributed by atoms with Crippen molar-refractivity contribution in [1.29, 1.82) is 0 Å². The first-order valence-electron chi connectivity index (χ1n) is 8.46. The summed E-state index contributed by atoms with van der Waals surface area (Å²) in [5.74, 6) is -2.12. The van der Waals surface area contributed by atoms with Gasteiger partial charge in [0.25, 0.3) is 0 Å². The third-order valence-corrected chi connectivity index (χ3v) is 5.31. The number of nitrogens with zero attached hydrogens (tertiary/aromatic N) is 1. The van der Waals surface area contributed by atoms with Crippen molar-refractivity contribution in [3.05, 3.63) is 35.4 Å². The van der Waals surface area contributed by atoms with E-state index in [1.807, 2.05) is 0 Å². The highest BCUT2D eigenvalue weighted by molar-refractivity contribution is 5.98. The molecule has 7 heteroatoms. The van der Waals surface area contributed by atoms with Gasteiger partial charge in [0, 0.05) is 38.5 Å². The summed E-state index contributed by atoms with van der Waals surface area (Å²) in [5.41, 5.74) is 0.183. The van der Waals surface area contributed by atoms with E-state index >= 15 is 0 Å². The Morgan fingerprint density at radius 3 is 2.44 bits per heavy atom. The lowest BCUT2D eigenvalue weighted by Crippen LogP contribution is -2.44. The third-order valence-electron chi connectivity index (χ3n) is 5.31. The van der Waals surface area contributed by atoms with Crippen LogP contribution in [-0.2, 0) is 4.79 Å². The summed E-state index contributed by atoms with van der Waals surface area (Å²) in [6.07, 6.45) is 3.17. The Kier molecular flexibility index (Phi) is 6.52. The smallest absolute Gasteiger partial charge is 0.223 e. The number of Topliss-reactive ketones (excluding diaryl/α,β-unsaturated/α-hetero) is 1. The molecule has 2 aliphatic heterocycles. The molecular weight excluding hydrogens is 350 g/mol. The molecule has 2 heterocycles. The second kappa shape index (κ2) is 8.23. The predicted octanol–water partition coefficient (Wildman–Crippen LogP) is 2.95. The summed E-state index contributed by atoms with van der Waals surface area (Å²) in [6, 6.07) is 2.88. The number of carbonyl (C=O) groups excluding carboxylic acids is 2. The van der Waals surface area contributed by atoms with Crippen LogP contribution in [0.5, 0.6) is 0 Å². The highest BCUT2D eigenvalue weighted by atomic mass is 35.5. The molecule has 0 saturated carbocycles. The number of amides is 1. The number of piperidine rings is 1. The zero-order valence-electron chi connectivity index (χ0n) is 14.0. The van der Waals surface area contributed by atoms with Gasteiger partial charge < -0.3 is 10.2 Å². The average Bonchev–Trinajstić information content (AvgIpc) is 3.01. The van der Waals surface area contributed by atoms with E-state index in [4.69, 9.17) is 0 Å². The van der Waals surface area contributed by atoms with Crippen molar-refractivity contribution < 1.29 is 18.4 Å². The minimum Gasteiger partial charge on any atom is -0.343 e. The van der Waals surface area contributed by atoms with Crippen molar-refractivity contribution in [3.63, 3.8) is 0 Å². The number of rotatable bonds is 4. The van der Waals surface area contributed by atoms with Gasteiger partial charge in [0.05, 0.1) is 5.56 Å². The molecule has 1 amide bonds. The third kappa shape index (κ3) is 4.55. The molecule has 0 atom stereocenters. The van der Waals surface area contributed by atoms with Crippen LogP contribution in [-0.4, -0.2) is 42.8 Å². The summed E-state index contributed by atoms with van der Waals surface area (Å²) < 4.78 is 26.5. The highest BCUT2D eigenvalue weighted by Crippen LogP contribution is 2.37. The molecule has 0 unspecified atom stereocenters. The second-order valence-electron chi connectivity index (χ2n) is 6.85. The Bertz CT molecular complexity index is 638. The van der Waals surface area contributed by atoms with Crippen LogP contribution in [0.15, 0.2) is 18.2 Å². The molecule has 0 aromatic heterocycles. The van der Waals surface area contributed by atoms with Crippen LogP contribution in [0.25, 0.3) is 0 Å². The SMILES string of the molecule is Cl.O=C(CCC(=O)N1CCC2(CCNC2)CC1)c1ccc(F)cc1F. The van der Waals surface area contributed by atoms with Crippen LogP contribution in [0, 0.1) is 17.0 Å². The zero-order valence-corrected chi connectivity index (χ0v) is 14.8. The largest absolute Gasteiger partial charge is 0.343 e. The molecule has 0 bridgehead atoms. The van der Waals surface area contributed by atoms with E-state index in [0.717, 1.165) is 57.6 Å². The van der Waals surface area contributed by atoms with E-state index < -0.39 is 17.4 Å². The molecule has 25 heavy (non-hydrogen) atoms. The molecule has 2 saturated heterocycles. The molecule has 3 rings (SSSR count). The van der Waals surface area contributed by atoms with Gasteiger partial charge >= 0.3 is 0 Å². The van der Waals surface area contributed by atoms with E-state index in [2.05, 4.69) is 5.32 Å². The minimum atomic E-state index is -0.874. The highest BCUT2D eigenvalue weighted by Gasteiger charge is 2.37. The molecule has 1 aromatic rings. The molecule has 1 spiro atoms. The molecule has 0 aliphatic carbocycles. The van der Waals surface area contributed by atoms with E-state index in [0.29, 0.717) is 11.5 Å². The summed E-state index contributed by atoms with van der Waals surface area (Å²) >= 11 is 0. The monoisotopic (exact) mass is 372 g/mol. The number of likely N-dealkylation sites (tertiary alicyclic amines) is 1. The first kappa shape index (κ1) is 19.8. The van der Waals surface area contributed by atoms with Crippen LogP contribution in [0.2, 0.25) is 0 Å². The second-order valence-corrected chi connectivity index (χ2v) is 6.85. The maximum absolute atomic E-state index is 13.6. The summed E-state index contributed by atoms with van der Waals surface area (Å²) in [7, 11) is 0. The maximum atomic E-state index is 13.6. The Morgan fingerprint density at radius 1 is 1.12 bits per heavy atom. The van der Waals surface area contributed by atoms with Crippen LogP contribution >= 0.6 is 12.4 Å². The number of hydrogen-bond acceptors (Lipinski definition) is 3. The molecule has 0 radical (unpaired) electrons. The Morgan fingerprint density at radius 2 is 1.84 bits per heavy atom. The first-order chi connectivity index (χ1) is 11.5. The van der Waals surface area contributed by atoms with Crippen LogP contribution < -0.4 is 5.32 Å². The van der Waals surface area contributed by atoms with Gasteiger partial charge in [-0.3, -0.25) is 9.59 Å². The lowest BCUT2D eigenvalue weighted by molar-refractivity contribution is -0.133. The van der Waals surface area contributed by atoms with E-state index in [9.17, 15) is 18.4 Å². The number of halogens is 3. The van der Waals surface area contributed by atoms with Gasteiger partial charge in [0.1, 0.15) is 11.6 Å². The van der Waals surface area contributed by atoms with Gasteiger partial charge in [0.15, 0.2) is 5.78 Å². The number of carbonyl (C=O) groups is 2. The molecule has 4 nitrogen and oxygen atoms in total. The molecule has 2 aliphatic rings. The summed E-state index contributed by atoms with van der Waals surface area (Å²) in [5, 5.41) is 3.38. The standard InChI is InChI=1S/C18H22F2N2O2.ClH/c19-13-1-2-14(15(20)11-13)16(23)3-4-17(24)22-9-6-18(7-10-22)5-8-21-12-18;/h1-2,11,21H,3-10,12H2;1H. The van der Waals surface area contributed by atoms with Gasteiger partial charge in [-0.25, -0.2) is 8.78 Å². The van der Waals surface area contributed by atoms with Crippen molar-refractivity contribution >= 4 is 24.1 Å². The Labute approximate surface area is 152 Å². The Hall–Kier alpha value is -1.53. The lowest BCUT2D eigenvalue weighted by Gasteiger charge is -2.38. The predicted molar refractivity (Wildman–Crippen MR) is 92.9 cm³/mol. The van der Waals surface area contributed by atoms with E-state index in [1.54, 1.807) is 4.90 Å². The Balaban J connectivity index is 0.00000225. The fourth-order valence-corrected chi connectivity index (χ4v) is 3.68. The normalized spacial score (nSPS) is 18.9. The topological polar surface area (TPSA) is 49.4 Å². The number of benzene rings is 1. The van der Waals surface area contributed by atoms with Crippen LogP contribution in [0.1, 0.15) is 42.5 Å². The van der Waals surface area contributed by atoms with Gasteiger partial charge in [-0.1, -0.05) is 0 Å². The van der Waals surface area contributed by atoms with E-state index in [-0.39, 0.29) is 36.7 Å². The minimum absolute atomic E-state index is 0. The number of ketones is 1.